The number of aryl methyl sites for hydroxylation is 1. The minimum absolute atomic E-state index is 0.00704. The minimum Gasteiger partial charge on any atom is -0.461 e. The summed E-state index contributed by atoms with van der Waals surface area (Å²) < 4.78 is 55.9. The van der Waals surface area contributed by atoms with E-state index in [2.05, 4.69) is 20.0 Å². The molecule has 0 saturated carbocycles. The molecule has 3 atom stereocenters. The van der Waals surface area contributed by atoms with Crippen LogP contribution in [0, 0.1) is 5.82 Å². The van der Waals surface area contributed by atoms with Gasteiger partial charge in [-0.2, -0.15) is 19.7 Å². The Morgan fingerprint density at radius 2 is 1.96 bits per heavy atom. The summed E-state index contributed by atoms with van der Waals surface area (Å²) in [5, 5.41) is 5.18. The van der Waals surface area contributed by atoms with Gasteiger partial charge in [0.25, 0.3) is 0 Å². The average Bonchev–Trinajstić information content (AvgIpc) is 3.77. The molecule has 3 saturated heterocycles. The second kappa shape index (κ2) is 12.8. The number of pyridine rings is 1. The lowest BCUT2D eigenvalue weighted by molar-refractivity contribution is 0.0185. The summed E-state index contributed by atoms with van der Waals surface area (Å²) in [7, 11) is 0. The second-order valence-electron chi connectivity index (χ2n) is 15.0. The first-order valence-electron chi connectivity index (χ1n) is 17.7. The fourth-order valence-electron chi connectivity index (χ4n) is 8.05. The molecule has 8 heterocycles. The molecule has 0 spiro atoms. The van der Waals surface area contributed by atoms with Gasteiger partial charge in [-0.25, -0.2) is 18.4 Å². The number of rotatable bonds is 3. The Kier molecular flexibility index (Phi) is 8.43. The van der Waals surface area contributed by atoms with Crippen molar-refractivity contribution in [2.75, 3.05) is 44.3 Å². The van der Waals surface area contributed by atoms with Crippen molar-refractivity contribution in [2.45, 2.75) is 89.1 Å². The van der Waals surface area contributed by atoms with Crippen molar-refractivity contribution < 1.29 is 37.3 Å². The van der Waals surface area contributed by atoms with E-state index < -0.39 is 41.5 Å². The number of halogens is 2. The van der Waals surface area contributed by atoms with E-state index in [9.17, 15) is 14.0 Å². The fraction of sp³-hybridized carbons (Fsp3) is 0.556. The van der Waals surface area contributed by atoms with Gasteiger partial charge in [0.1, 0.15) is 41.5 Å². The van der Waals surface area contributed by atoms with Crippen molar-refractivity contribution in [2.24, 2.45) is 0 Å². The SMILES string of the molecule is CC(C)(C)OC(=O)n1ncc2c3c(ccc21)CCCOC(=O)O[C@@H]1CCCN(C1)c1nc(OC[C@@]24CCCN2C[C@H](F)C4)nc2c(F)c-3ncc12. The smallest absolute Gasteiger partial charge is 0.461 e. The number of nitrogens with zero attached hydrogens (tertiary/aromatic N) is 7. The Morgan fingerprint density at radius 3 is 2.80 bits per heavy atom. The van der Waals surface area contributed by atoms with Gasteiger partial charge in [0.2, 0.25) is 0 Å². The first kappa shape index (κ1) is 33.5. The Hall–Kier alpha value is -4.66. The number of hydrogen-bond acceptors (Lipinski definition) is 12. The van der Waals surface area contributed by atoms with Crippen LogP contribution in [0.2, 0.25) is 0 Å². The van der Waals surface area contributed by atoms with Crippen LogP contribution in [-0.2, 0) is 20.6 Å². The number of piperidine rings is 1. The summed E-state index contributed by atoms with van der Waals surface area (Å²) in [5.41, 5.74) is 0.341. The highest BCUT2D eigenvalue weighted by Gasteiger charge is 2.49. The van der Waals surface area contributed by atoms with Crippen molar-refractivity contribution in [3.05, 3.63) is 35.9 Å². The standard InChI is InChI=1S/C36H41F2N7O6/c1-35(2,3)51-33(46)45-26-10-9-21-7-5-14-48-34(47)50-23-8-4-12-43(19-23)31-25-16-39-30(27(21)24(26)17-40-45)28(38)29(25)41-32(42-31)49-20-36-11-6-13-44(36)18-22(37)15-36/h9-10,16-17,22-23H,4-8,11-15,18-20H2,1-3H3/t22-,23-,36+/m1/s1. The second-order valence-corrected chi connectivity index (χ2v) is 15.0. The highest BCUT2D eigenvalue weighted by molar-refractivity contribution is 6.01. The number of aromatic nitrogens is 5. The van der Waals surface area contributed by atoms with Crippen LogP contribution in [0.1, 0.15) is 64.9 Å². The summed E-state index contributed by atoms with van der Waals surface area (Å²) >= 11 is 0. The number of benzene rings is 1. The van der Waals surface area contributed by atoms with E-state index >= 15 is 4.39 Å². The summed E-state index contributed by atoms with van der Waals surface area (Å²) in [4.78, 5) is 44.0. The maximum Gasteiger partial charge on any atom is 0.508 e. The quantitative estimate of drug-likeness (QED) is 0.232. The molecule has 0 amide bonds. The molecule has 0 N–H and O–H groups in total. The molecule has 13 nitrogen and oxygen atoms in total. The lowest BCUT2D eigenvalue weighted by Gasteiger charge is -2.34. The van der Waals surface area contributed by atoms with Crippen molar-refractivity contribution in [1.82, 2.24) is 29.6 Å². The number of ether oxygens (including phenoxy) is 4. The van der Waals surface area contributed by atoms with Crippen LogP contribution >= 0.6 is 0 Å². The van der Waals surface area contributed by atoms with Crippen molar-refractivity contribution in [1.29, 1.82) is 0 Å². The zero-order valence-electron chi connectivity index (χ0n) is 29.0. The normalized spacial score (nSPS) is 24.1. The molecule has 4 aromatic rings. The van der Waals surface area contributed by atoms with Crippen molar-refractivity contribution in [3.8, 4) is 17.3 Å². The minimum atomic E-state index is -0.937. The molecule has 51 heavy (non-hydrogen) atoms. The number of anilines is 1. The lowest BCUT2D eigenvalue weighted by Crippen LogP contribution is -2.43. The maximum atomic E-state index is 17.2. The van der Waals surface area contributed by atoms with Crippen LogP contribution in [0.25, 0.3) is 33.1 Å². The van der Waals surface area contributed by atoms with Crippen LogP contribution in [0.5, 0.6) is 6.01 Å². The number of fused-ring (bicyclic) bond motifs is 8. The van der Waals surface area contributed by atoms with Crippen LogP contribution in [0.3, 0.4) is 0 Å². The molecule has 3 aromatic heterocycles. The van der Waals surface area contributed by atoms with Gasteiger partial charge in [0, 0.05) is 36.7 Å². The van der Waals surface area contributed by atoms with E-state index in [-0.39, 0.29) is 30.4 Å². The van der Waals surface area contributed by atoms with Gasteiger partial charge in [-0.3, -0.25) is 9.88 Å². The van der Waals surface area contributed by atoms with Crippen LogP contribution in [0.15, 0.2) is 24.5 Å². The van der Waals surface area contributed by atoms with Gasteiger partial charge < -0.3 is 23.8 Å². The van der Waals surface area contributed by atoms with Gasteiger partial charge in [-0.05, 0) is 77.5 Å². The molecule has 0 aliphatic carbocycles. The van der Waals surface area contributed by atoms with E-state index in [1.165, 1.54) is 6.20 Å². The van der Waals surface area contributed by atoms with E-state index in [1.54, 1.807) is 39.1 Å². The van der Waals surface area contributed by atoms with E-state index in [0.29, 0.717) is 85.0 Å². The van der Waals surface area contributed by atoms with Gasteiger partial charge in [0.05, 0.1) is 35.8 Å². The third-order valence-corrected chi connectivity index (χ3v) is 10.3. The van der Waals surface area contributed by atoms with E-state index in [1.807, 2.05) is 4.90 Å². The van der Waals surface area contributed by atoms with Crippen molar-refractivity contribution in [3.63, 3.8) is 0 Å². The van der Waals surface area contributed by atoms with E-state index in [4.69, 9.17) is 23.9 Å². The molecule has 270 valence electrons. The zero-order valence-corrected chi connectivity index (χ0v) is 29.0. The first-order chi connectivity index (χ1) is 24.5. The summed E-state index contributed by atoms with van der Waals surface area (Å²) in [6, 6.07) is 3.49. The molecule has 6 bridgehead atoms. The number of carbonyl (C=O) groups excluding carboxylic acids is 2. The molecular weight excluding hydrogens is 664 g/mol. The number of carbonyl (C=O) groups is 2. The predicted octanol–water partition coefficient (Wildman–Crippen LogP) is 5.99. The Balaban J connectivity index is 1.28. The lowest BCUT2D eigenvalue weighted by atomic mass is 9.95. The summed E-state index contributed by atoms with van der Waals surface area (Å²) in [6.07, 6.45) is 4.46. The molecule has 0 radical (unpaired) electrons. The third-order valence-electron chi connectivity index (χ3n) is 10.3. The fourth-order valence-corrected chi connectivity index (χ4v) is 8.05. The van der Waals surface area contributed by atoms with Gasteiger partial charge >= 0.3 is 18.3 Å². The summed E-state index contributed by atoms with van der Waals surface area (Å²) in [5.74, 6) is -0.290. The number of hydrogen-bond donors (Lipinski definition) is 0. The molecule has 1 aromatic carbocycles. The van der Waals surface area contributed by atoms with Gasteiger partial charge in [-0.1, -0.05) is 6.07 Å². The third kappa shape index (κ3) is 6.29. The molecule has 3 fully saturated rings. The molecule has 15 heteroatoms. The van der Waals surface area contributed by atoms with Crippen LogP contribution < -0.4 is 9.64 Å². The topological polar surface area (TPSA) is 134 Å². The Bertz CT molecular complexity index is 2020. The number of alkyl halides is 1. The highest BCUT2D eigenvalue weighted by Crippen LogP contribution is 2.41. The van der Waals surface area contributed by atoms with Crippen molar-refractivity contribution >= 4 is 39.9 Å². The summed E-state index contributed by atoms with van der Waals surface area (Å²) in [6.45, 7) is 7.58. The van der Waals surface area contributed by atoms with Crippen LogP contribution in [0.4, 0.5) is 24.2 Å². The maximum absolute atomic E-state index is 17.2. The molecule has 9 rings (SSSR count). The Labute approximate surface area is 293 Å². The zero-order chi connectivity index (χ0) is 35.5. The molecule has 5 aliphatic heterocycles. The van der Waals surface area contributed by atoms with Gasteiger partial charge in [-0.15, -0.1) is 0 Å². The monoisotopic (exact) mass is 705 g/mol. The largest absolute Gasteiger partial charge is 0.508 e. The molecular formula is C36H41F2N7O6. The average molecular weight is 706 g/mol. The predicted molar refractivity (Wildman–Crippen MR) is 182 cm³/mol. The van der Waals surface area contributed by atoms with E-state index in [0.717, 1.165) is 24.1 Å². The van der Waals surface area contributed by atoms with Crippen LogP contribution in [-0.4, -0.2) is 105 Å². The molecule has 5 aliphatic rings. The highest BCUT2D eigenvalue weighted by atomic mass is 19.1. The Morgan fingerprint density at radius 1 is 1.10 bits per heavy atom. The molecule has 0 unspecified atom stereocenters. The first-order valence-corrected chi connectivity index (χ1v) is 17.7. The van der Waals surface area contributed by atoms with Gasteiger partial charge in [0.15, 0.2) is 5.82 Å².